The third-order valence-electron chi connectivity index (χ3n) is 3.26. The molecule has 0 saturated carbocycles. The van der Waals surface area contributed by atoms with E-state index in [4.69, 9.17) is 0 Å². The van der Waals surface area contributed by atoms with Gasteiger partial charge in [0.25, 0.3) is 5.91 Å². The van der Waals surface area contributed by atoms with Crippen molar-refractivity contribution in [2.24, 2.45) is 0 Å². The van der Waals surface area contributed by atoms with Crippen molar-refractivity contribution in [2.75, 3.05) is 6.26 Å². The average Bonchev–Trinajstić information content (AvgIpc) is 2.37. The molecular weight excluding hydrogens is 306 g/mol. The van der Waals surface area contributed by atoms with Crippen molar-refractivity contribution in [3.05, 3.63) is 35.4 Å². The molecule has 2 N–H and O–H groups in total. The second kappa shape index (κ2) is 6.91. The zero-order valence-electron chi connectivity index (χ0n) is 12.9. The fourth-order valence-corrected chi connectivity index (χ4v) is 2.90. The van der Waals surface area contributed by atoms with Gasteiger partial charge in [-0.2, -0.15) is 0 Å². The Morgan fingerprint density at radius 3 is 2.18 bits per heavy atom. The molecule has 0 fully saturated rings. The lowest BCUT2D eigenvalue weighted by Gasteiger charge is -2.25. The molecular formula is C15H21NO5S. The monoisotopic (exact) mass is 327 g/mol. The number of nitrogens with one attached hydrogen (secondary N) is 1. The van der Waals surface area contributed by atoms with Crippen LogP contribution in [-0.4, -0.2) is 37.2 Å². The van der Waals surface area contributed by atoms with Crippen LogP contribution in [0.3, 0.4) is 0 Å². The smallest absolute Gasteiger partial charge is 0.329 e. The maximum atomic E-state index is 12.1. The molecule has 1 amide bonds. The number of amides is 1. The number of rotatable bonds is 7. The van der Waals surface area contributed by atoms with Gasteiger partial charge in [0.05, 0.1) is 5.75 Å². The van der Waals surface area contributed by atoms with Crippen LogP contribution >= 0.6 is 0 Å². The van der Waals surface area contributed by atoms with Gasteiger partial charge in [-0.25, -0.2) is 13.2 Å². The molecule has 1 aromatic rings. The summed E-state index contributed by atoms with van der Waals surface area (Å²) in [6, 6.07) is 6.08. The van der Waals surface area contributed by atoms with Gasteiger partial charge >= 0.3 is 5.97 Å². The number of carboxylic acid groups (broad SMARTS) is 1. The summed E-state index contributed by atoms with van der Waals surface area (Å²) in [6.45, 7) is 3.31. The zero-order valence-corrected chi connectivity index (χ0v) is 13.7. The highest BCUT2D eigenvalue weighted by Gasteiger charge is 2.33. The lowest BCUT2D eigenvalue weighted by molar-refractivity contribution is -0.144. The summed E-state index contributed by atoms with van der Waals surface area (Å²) in [5, 5.41) is 11.8. The van der Waals surface area contributed by atoms with Crippen LogP contribution < -0.4 is 5.32 Å². The van der Waals surface area contributed by atoms with E-state index in [1.807, 2.05) is 6.92 Å². The normalized spacial score (nSPS) is 14.1. The number of carboxylic acids is 1. The first-order chi connectivity index (χ1) is 10.1. The Morgan fingerprint density at radius 1 is 1.23 bits per heavy atom. The lowest BCUT2D eigenvalue weighted by Crippen LogP contribution is -2.52. The lowest BCUT2D eigenvalue weighted by atomic mass is 9.95. The standard InChI is InChI=1S/C15H21NO5S/c1-4-9-15(2,14(18)19)16-13(17)12-7-5-11(6-8-12)10-22(3,20)21/h5-8H,4,9-10H2,1-3H3,(H,16,17)(H,18,19). The molecule has 0 heterocycles. The van der Waals surface area contributed by atoms with Crippen molar-refractivity contribution in [2.45, 2.75) is 38.0 Å². The van der Waals surface area contributed by atoms with Gasteiger partial charge in [0.15, 0.2) is 9.84 Å². The largest absolute Gasteiger partial charge is 0.480 e. The minimum absolute atomic E-state index is 0.0996. The Morgan fingerprint density at radius 2 is 1.77 bits per heavy atom. The first-order valence-electron chi connectivity index (χ1n) is 6.90. The summed E-state index contributed by atoms with van der Waals surface area (Å²) in [7, 11) is -3.14. The summed E-state index contributed by atoms with van der Waals surface area (Å²) >= 11 is 0. The van der Waals surface area contributed by atoms with Gasteiger partial charge in [-0.05, 0) is 31.0 Å². The van der Waals surface area contributed by atoms with Crippen LogP contribution in [0, 0.1) is 0 Å². The van der Waals surface area contributed by atoms with E-state index < -0.39 is 27.3 Å². The first-order valence-corrected chi connectivity index (χ1v) is 8.96. The topological polar surface area (TPSA) is 101 Å². The van der Waals surface area contributed by atoms with Crippen molar-refractivity contribution in [3.8, 4) is 0 Å². The molecule has 1 aromatic carbocycles. The quantitative estimate of drug-likeness (QED) is 0.792. The molecule has 0 saturated heterocycles. The molecule has 7 heteroatoms. The van der Waals surface area contributed by atoms with Crippen molar-refractivity contribution in [1.29, 1.82) is 0 Å². The Labute approximate surface area is 130 Å². The van der Waals surface area contributed by atoms with Gasteiger partial charge in [-0.15, -0.1) is 0 Å². The van der Waals surface area contributed by atoms with E-state index in [0.717, 1.165) is 6.26 Å². The molecule has 6 nitrogen and oxygen atoms in total. The number of aliphatic carboxylic acids is 1. The third kappa shape index (κ3) is 5.14. The Balaban J connectivity index is 2.88. The molecule has 0 spiro atoms. The molecule has 0 aromatic heterocycles. The van der Waals surface area contributed by atoms with Crippen molar-refractivity contribution >= 4 is 21.7 Å². The summed E-state index contributed by atoms with van der Waals surface area (Å²) in [5.41, 5.74) is -0.452. The predicted octanol–water partition coefficient (Wildman–Crippen LogP) is 1.60. The van der Waals surface area contributed by atoms with Crippen molar-refractivity contribution < 1.29 is 23.1 Å². The van der Waals surface area contributed by atoms with Gasteiger partial charge in [0.1, 0.15) is 5.54 Å². The molecule has 0 aliphatic carbocycles. The van der Waals surface area contributed by atoms with Gasteiger partial charge < -0.3 is 10.4 Å². The first kappa shape index (κ1) is 18.2. The third-order valence-corrected chi connectivity index (χ3v) is 4.11. The van der Waals surface area contributed by atoms with Gasteiger partial charge in [-0.3, -0.25) is 4.79 Å². The number of sulfone groups is 1. The van der Waals surface area contributed by atoms with Crippen molar-refractivity contribution in [1.82, 2.24) is 5.32 Å². The molecule has 0 bridgehead atoms. The van der Waals surface area contributed by atoms with Crippen LogP contribution in [0.5, 0.6) is 0 Å². The Hall–Kier alpha value is -1.89. The van der Waals surface area contributed by atoms with E-state index in [-0.39, 0.29) is 5.75 Å². The molecule has 0 aliphatic heterocycles. The van der Waals surface area contributed by atoms with Crippen LogP contribution in [0.25, 0.3) is 0 Å². The van der Waals surface area contributed by atoms with Crippen LogP contribution in [0.2, 0.25) is 0 Å². The summed E-state index contributed by atoms with van der Waals surface area (Å²) in [5.74, 6) is -1.68. The van der Waals surface area contributed by atoms with Crippen molar-refractivity contribution in [3.63, 3.8) is 0 Å². The second-order valence-electron chi connectivity index (χ2n) is 5.61. The van der Waals surface area contributed by atoms with E-state index >= 15 is 0 Å². The SMILES string of the molecule is CCCC(C)(NC(=O)c1ccc(CS(C)(=O)=O)cc1)C(=O)O. The highest BCUT2D eigenvalue weighted by molar-refractivity contribution is 7.89. The molecule has 122 valence electrons. The maximum Gasteiger partial charge on any atom is 0.329 e. The molecule has 1 atom stereocenters. The highest BCUT2D eigenvalue weighted by Crippen LogP contribution is 2.15. The Bertz CT molecular complexity index is 651. The summed E-state index contributed by atoms with van der Waals surface area (Å²) in [6.07, 6.45) is 2.08. The average molecular weight is 327 g/mol. The molecule has 1 rings (SSSR count). The second-order valence-corrected chi connectivity index (χ2v) is 7.75. The van der Waals surface area contributed by atoms with E-state index in [1.165, 1.54) is 19.1 Å². The van der Waals surface area contributed by atoms with E-state index in [2.05, 4.69) is 5.32 Å². The Kier molecular flexibility index (Phi) is 5.71. The number of carbonyl (C=O) groups is 2. The fourth-order valence-electron chi connectivity index (χ4n) is 2.10. The van der Waals surface area contributed by atoms with Gasteiger partial charge in [0.2, 0.25) is 0 Å². The number of carbonyl (C=O) groups excluding carboxylic acids is 1. The number of hydrogen-bond donors (Lipinski definition) is 2. The van der Waals surface area contributed by atoms with Gasteiger partial charge in [-0.1, -0.05) is 25.5 Å². The maximum absolute atomic E-state index is 12.1. The zero-order chi connectivity index (χ0) is 17.0. The van der Waals surface area contributed by atoms with E-state index in [9.17, 15) is 23.1 Å². The van der Waals surface area contributed by atoms with E-state index in [1.54, 1.807) is 12.1 Å². The van der Waals surface area contributed by atoms with Crippen LogP contribution in [0.15, 0.2) is 24.3 Å². The number of hydrogen-bond acceptors (Lipinski definition) is 4. The number of benzene rings is 1. The van der Waals surface area contributed by atoms with Crippen LogP contribution in [0.1, 0.15) is 42.6 Å². The molecule has 0 radical (unpaired) electrons. The summed E-state index contributed by atoms with van der Waals surface area (Å²) < 4.78 is 22.4. The molecule has 0 aliphatic rings. The predicted molar refractivity (Wildman–Crippen MR) is 83.4 cm³/mol. The molecule has 1 unspecified atom stereocenters. The highest BCUT2D eigenvalue weighted by atomic mass is 32.2. The van der Waals surface area contributed by atoms with E-state index in [0.29, 0.717) is 24.0 Å². The fraction of sp³-hybridized carbons (Fsp3) is 0.467. The minimum Gasteiger partial charge on any atom is -0.480 e. The van der Waals surface area contributed by atoms with Crippen LogP contribution in [0.4, 0.5) is 0 Å². The summed E-state index contributed by atoms with van der Waals surface area (Å²) in [4.78, 5) is 23.5. The minimum atomic E-state index is -3.14. The van der Waals surface area contributed by atoms with Crippen LogP contribution in [-0.2, 0) is 20.4 Å². The van der Waals surface area contributed by atoms with Gasteiger partial charge in [0, 0.05) is 11.8 Å². The molecule has 22 heavy (non-hydrogen) atoms.